The zero-order valence-electron chi connectivity index (χ0n) is 18.1. The number of halogens is 2. The zero-order chi connectivity index (χ0) is 22.2. The third kappa shape index (κ3) is 6.56. The van der Waals surface area contributed by atoms with Gasteiger partial charge in [-0.3, -0.25) is 9.69 Å². The lowest BCUT2D eigenvalue weighted by Crippen LogP contribution is -2.41. The molecule has 168 valence electrons. The molecule has 1 fully saturated rings. The molecule has 1 aliphatic heterocycles. The van der Waals surface area contributed by atoms with E-state index < -0.39 is 0 Å². The summed E-state index contributed by atoms with van der Waals surface area (Å²) in [5, 5.41) is 0. The first-order chi connectivity index (χ1) is 15.0. The molecule has 0 N–H and O–H groups in total. The molecule has 0 aromatic heterocycles. The van der Waals surface area contributed by atoms with Gasteiger partial charge in [-0.15, -0.1) is 0 Å². The number of likely N-dealkylation sites (tertiary alicyclic amines) is 1. The van der Waals surface area contributed by atoms with E-state index >= 15 is 0 Å². The van der Waals surface area contributed by atoms with Crippen molar-refractivity contribution >= 4 is 5.91 Å². The van der Waals surface area contributed by atoms with Gasteiger partial charge in [-0.05, 0) is 41.3 Å². The first-order valence-electron chi connectivity index (χ1n) is 10.5. The molecule has 7 heteroatoms. The maximum absolute atomic E-state index is 13.9. The summed E-state index contributed by atoms with van der Waals surface area (Å²) in [6.07, 6.45) is 0. The summed E-state index contributed by atoms with van der Waals surface area (Å²) in [6, 6.07) is 13.2. The van der Waals surface area contributed by atoms with Crippen LogP contribution in [0.15, 0.2) is 48.5 Å². The maximum Gasteiger partial charge on any atom is 0.248 e. The number of methoxy groups -OCH3 is 2. The fourth-order valence-electron chi connectivity index (χ4n) is 4.25. The molecule has 2 aromatic carbocycles. The molecule has 0 unspecified atom stereocenters. The largest absolute Gasteiger partial charge is 0.383 e. The van der Waals surface area contributed by atoms with Gasteiger partial charge in [0, 0.05) is 52.9 Å². The highest BCUT2D eigenvalue weighted by molar-refractivity contribution is 5.77. The minimum atomic E-state index is -0.264. The quantitative estimate of drug-likeness (QED) is 0.578. The molecule has 1 amide bonds. The van der Waals surface area contributed by atoms with Crippen LogP contribution < -0.4 is 0 Å². The van der Waals surface area contributed by atoms with Gasteiger partial charge in [-0.2, -0.15) is 0 Å². The molecule has 0 saturated carbocycles. The lowest BCUT2D eigenvalue weighted by molar-refractivity contribution is -0.136. The Morgan fingerprint density at radius 1 is 1.06 bits per heavy atom. The molecule has 0 radical (unpaired) electrons. The Bertz CT molecular complexity index is 847. The molecular weight excluding hydrogens is 402 g/mol. The van der Waals surface area contributed by atoms with Crippen LogP contribution in [0, 0.1) is 17.6 Å². The average molecular weight is 433 g/mol. The van der Waals surface area contributed by atoms with Crippen molar-refractivity contribution < 1.29 is 23.0 Å². The second-order valence-corrected chi connectivity index (χ2v) is 8.01. The Balaban J connectivity index is 1.79. The van der Waals surface area contributed by atoms with Crippen molar-refractivity contribution in [2.75, 3.05) is 53.6 Å². The smallest absolute Gasteiger partial charge is 0.248 e. The number of nitrogens with zero attached hydrogens (tertiary/aromatic N) is 2. The van der Waals surface area contributed by atoms with Crippen molar-refractivity contribution in [3.63, 3.8) is 0 Å². The molecule has 3 rings (SSSR count). The summed E-state index contributed by atoms with van der Waals surface area (Å²) in [5.41, 5.74) is 1.95. The van der Waals surface area contributed by atoms with E-state index in [4.69, 9.17) is 9.47 Å². The van der Waals surface area contributed by atoms with Crippen molar-refractivity contribution in [3.05, 3.63) is 71.3 Å². The highest BCUT2D eigenvalue weighted by Crippen LogP contribution is 2.34. The van der Waals surface area contributed by atoms with Crippen LogP contribution in [0.2, 0.25) is 0 Å². The van der Waals surface area contributed by atoms with Gasteiger partial charge >= 0.3 is 0 Å². The SMILES string of the molecule is COCCN(C[C@H]1CN(Cc2ccc(F)cc2)C[C@@H]1c1cccc(F)c1)C(=O)COC. The molecule has 2 aromatic rings. The first kappa shape index (κ1) is 23.3. The van der Waals surface area contributed by atoms with E-state index in [0.29, 0.717) is 26.2 Å². The van der Waals surface area contributed by atoms with Crippen molar-refractivity contribution in [2.45, 2.75) is 12.5 Å². The van der Waals surface area contributed by atoms with Crippen LogP contribution in [0.1, 0.15) is 17.0 Å². The number of benzene rings is 2. The molecule has 5 nitrogen and oxygen atoms in total. The molecule has 1 heterocycles. The number of ether oxygens (including phenoxy) is 2. The minimum Gasteiger partial charge on any atom is -0.383 e. The van der Waals surface area contributed by atoms with Crippen LogP contribution in [-0.4, -0.2) is 69.3 Å². The topological polar surface area (TPSA) is 42.0 Å². The predicted molar refractivity (Wildman–Crippen MR) is 115 cm³/mol. The van der Waals surface area contributed by atoms with Gasteiger partial charge in [-0.1, -0.05) is 24.3 Å². The van der Waals surface area contributed by atoms with E-state index in [0.717, 1.165) is 24.2 Å². The molecule has 1 saturated heterocycles. The van der Waals surface area contributed by atoms with Crippen molar-refractivity contribution in [3.8, 4) is 0 Å². The molecular formula is C24H30F2N2O3. The van der Waals surface area contributed by atoms with Crippen LogP contribution in [0.25, 0.3) is 0 Å². The summed E-state index contributed by atoms with van der Waals surface area (Å²) in [6.45, 7) is 3.62. The summed E-state index contributed by atoms with van der Waals surface area (Å²) < 4.78 is 37.4. The highest BCUT2D eigenvalue weighted by atomic mass is 19.1. The first-order valence-corrected chi connectivity index (χ1v) is 10.5. The monoisotopic (exact) mass is 432 g/mol. The molecule has 0 spiro atoms. The standard InChI is InChI=1S/C24H30F2N2O3/c1-30-11-10-28(24(29)17-31-2)15-20-14-27(13-18-6-8-21(25)9-7-18)16-23(20)19-4-3-5-22(26)12-19/h3-9,12,20,23H,10-11,13-17H2,1-2H3/t20-,23-/m1/s1. The Kier molecular flexibility index (Phi) is 8.51. The lowest BCUT2D eigenvalue weighted by Gasteiger charge is -2.28. The Morgan fingerprint density at radius 3 is 2.52 bits per heavy atom. The van der Waals surface area contributed by atoms with Crippen molar-refractivity contribution in [1.29, 1.82) is 0 Å². The molecule has 31 heavy (non-hydrogen) atoms. The fraction of sp³-hybridized carbons (Fsp3) is 0.458. The molecule has 2 atom stereocenters. The molecule has 0 aliphatic carbocycles. The average Bonchev–Trinajstić information content (AvgIpc) is 3.15. The third-order valence-electron chi connectivity index (χ3n) is 5.75. The predicted octanol–water partition coefficient (Wildman–Crippen LogP) is 3.30. The summed E-state index contributed by atoms with van der Waals surface area (Å²) in [4.78, 5) is 16.6. The van der Waals surface area contributed by atoms with Gasteiger partial charge in [0.15, 0.2) is 0 Å². The van der Waals surface area contributed by atoms with Gasteiger partial charge < -0.3 is 14.4 Å². The van der Waals surface area contributed by atoms with Crippen LogP contribution >= 0.6 is 0 Å². The molecule has 0 bridgehead atoms. The number of rotatable bonds is 10. The minimum absolute atomic E-state index is 0.0142. The number of amides is 1. The van der Waals surface area contributed by atoms with Crippen LogP contribution in [-0.2, 0) is 20.8 Å². The summed E-state index contributed by atoms with van der Waals surface area (Å²) in [5.74, 6) is -0.406. The lowest BCUT2D eigenvalue weighted by atomic mass is 9.88. The van der Waals surface area contributed by atoms with E-state index in [-0.39, 0.29) is 36.0 Å². The van der Waals surface area contributed by atoms with Gasteiger partial charge in [0.2, 0.25) is 5.91 Å². The van der Waals surface area contributed by atoms with Gasteiger partial charge in [0.25, 0.3) is 0 Å². The van der Waals surface area contributed by atoms with Crippen molar-refractivity contribution in [1.82, 2.24) is 9.80 Å². The van der Waals surface area contributed by atoms with E-state index in [2.05, 4.69) is 4.90 Å². The Morgan fingerprint density at radius 2 is 1.84 bits per heavy atom. The van der Waals surface area contributed by atoms with E-state index in [1.165, 1.54) is 25.3 Å². The Hall–Kier alpha value is -2.35. The van der Waals surface area contributed by atoms with Crippen molar-refractivity contribution in [2.24, 2.45) is 5.92 Å². The van der Waals surface area contributed by atoms with E-state index in [1.54, 1.807) is 36.3 Å². The van der Waals surface area contributed by atoms with Gasteiger partial charge in [0.1, 0.15) is 18.2 Å². The number of carbonyl (C=O) groups is 1. The molecule has 1 aliphatic rings. The summed E-state index contributed by atoms with van der Waals surface area (Å²) >= 11 is 0. The third-order valence-corrected chi connectivity index (χ3v) is 5.75. The van der Waals surface area contributed by atoms with Gasteiger partial charge in [-0.25, -0.2) is 8.78 Å². The van der Waals surface area contributed by atoms with E-state index in [1.807, 2.05) is 6.07 Å². The number of hydrogen-bond acceptors (Lipinski definition) is 4. The van der Waals surface area contributed by atoms with Gasteiger partial charge in [0.05, 0.1) is 6.61 Å². The van der Waals surface area contributed by atoms with E-state index in [9.17, 15) is 13.6 Å². The Labute approximate surface area is 182 Å². The normalized spacial score (nSPS) is 19.0. The highest BCUT2D eigenvalue weighted by Gasteiger charge is 2.35. The second kappa shape index (κ2) is 11.3. The fourth-order valence-corrected chi connectivity index (χ4v) is 4.25. The maximum atomic E-state index is 13.9. The van der Waals surface area contributed by atoms with Crippen LogP contribution in [0.4, 0.5) is 8.78 Å². The van der Waals surface area contributed by atoms with Crippen LogP contribution in [0.3, 0.4) is 0 Å². The number of carbonyl (C=O) groups excluding carboxylic acids is 1. The summed E-state index contributed by atoms with van der Waals surface area (Å²) in [7, 11) is 3.11. The zero-order valence-corrected chi connectivity index (χ0v) is 18.1. The van der Waals surface area contributed by atoms with Crippen LogP contribution in [0.5, 0.6) is 0 Å². The second-order valence-electron chi connectivity index (χ2n) is 8.01. The number of hydrogen-bond donors (Lipinski definition) is 0.